The van der Waals surface area contributed by atoms with Gasteiger partial charge in [0.25, 0.3) is 0 Å². The zero-order valence-electron chi connectivity index (χ0n) is 17.2. The first kappa shape index (κ1) is 21.8. The Morgan fingerprint density at radius 3 is 1.48 bits per heavy atom. The molecule has 27 heavy (non-hydrogen) atoms. The van der Waals surface area contributed by atoms with Crippen molar-refractivity contribution in [3.8, 4) is 5.75 Å². The molecule has 0 N–H and O–H groups in total. The second kappa shape index (κ2) is 8.23. The minimum atomic E-state index is -2.07. The third-order valence-corrected chi connectivity index (χ3v) is 12.9. The van der Waals surface area contributed by atoms with Gasteiger partial charge in [0, 0.05) is 0 Å². The van der Waals surface area contributed by atoms with E-state index in [1.165, 1.54) is 15.9 Å². The predicted octanol–water partition coefficient (Wildman–Crippen LogP) is 3.78. The molecule has 0 aliphatic rings. The van der Waals surface area contributed by atoms with E-state index in [1.807, 2.05) is 12.1 Å². The molecular formula is C21H28Ge2O4. The maximum absolute atomic E-state index is 12.6. The van der Waals surface area contributed by atoms with Crippen molar-refractivity contribution in [2.24, 2.45) is 0 Å². The van der Waals surface area contributed by atoms with Gasteiger partial charge < -0.3 is 0 Å². The summed E-state index contributed by atoms with van der Waals surface area (Å²) in [6.07, 6.45) is 0. The fraction of sp³-hybridized carbons (Fsp3) is 0.333. The molecule has 0 aliphatic heterocycles. The van der Waals surface area contributed by atoms with E-state index in [1.54, 1.807) is 24.3 Å². The average Bonchev–Trinajstić information content (AvgIpc) is 2.59. The molecule has 144 valence electrons. The fourth-order valence-electron chi connectivity index (χ4n) is 2.55. The number of carbonyl (C=O) groups excluding carboxylic acids is 2. The molecule has 2 aromatic rings. The van der Waals surface area contributed by atoms with Crippen LogP contribution < -0.4 is 13.5 Å². The summed E-state index contributed by atoms with van der Waals surface area (Å²) in [7, 11) is 1.33. The average molecular weight is 490 g/mol. The van der Waals surface area contributed by atoms with Crippen molar-refractivity contribution < 1.29 is 19.1 Å². The Balaban J connectivity index is 2.33. The topological polar surface area (TPSA) is 52.6 Å². The van der Waals surface area contributed by atoms with Gasteiger partial charge in [-0.25, -0.2) is 0 Å². The molecule has 0 fully saturated rings. The molecule has 0 atom stereocenters. The molecule has 0 radical (unpaired) electrons. The summed E-state index contributed by atoms with van der Waals surface area (Å²) >= 11 is -4.14. The Labute approximate surface area is 167 Å². The number of hydrogen-bond donors (Lipinski definition) is 0. The van der Waals surface area contributed by atoms with Gasteiger partial charge in [-0.15, -0.1) is 0 Å². The molecule has 0 unspecified atom stereocenters. The van der Waals surface area contributed by atoms with Crippen LogP contribution in [-0.4, -0.2) is 45.6 Å². The second-order valence-corrected chi connectivity index (χ2v) is 30.0. The molecule has 0 saturated carbocycles. The molecule has 0 heterocycles. The molecule has 0 aliphatic carbocycles. The van der Waals surface area contributed by atoms with Gasteiger partial charge in [-0.2, -0.15) is 0 Å². The van der Waals surface area contributed by atoms with Crippen LogP contribution >= 0.6 is 0 Å². The number of rotatable bonds is 5. The number of ether oxygens (including phenoxy) is 2. The van der Waals surface area contributed by atoms with Gasteiger partial charge in [0.1, 0.15) is 0 Å². The molecule has 2 rings (SSSR count). The third-order valence-electron chi connectivity index (χ3n) is 4.39. The molecule has 0 aromatic heterocycles. The van der Waals surface area contributed by atoms with Crippen molar-refractivity contribution in [2.75, 3.05) is 7.11 Å². The third kappa shape index (κ3) is 5.72. The van der Waals surface area contributed by atoms with Gasteiger partial charge in [0.15, 0.2) is 0 Å². The monoisotopic (exact) mass is 492 g/mol. The van der Waals surface area contributed by atoms with E-state index in [0.717, 1.165) is 0 Å². The minimum absolute atomic E-state index is 0.403. The van der Waals surface area contributed by atoms with Crippen LogP contribution in [0.25, 0.3) is 0 Å². The molecule has 0 saturated heterocycles. The first-order chi connectivity index (χ1) is 12.4. The van der Waals surface area contributed by atoms with Crippen LogP contribution in [0.15, 0.2) is 42.5 Å². The maximum atomic E-state index is 12.6. The molecular weight excluding hydrogens is 461 g/mol. The van der Waals surface area contributed by atoms with Crippen LogP contribution in [0, 0.1) is 0 Å². The van der Waals surface area contributed by atoms with Crippen LogP contribution in [0.5, 0.6) is 5.75 Å². The summed E-state index contributed by atoms with van der Waals surface area (Å²) in [5, 5.41) is 0. The fourth-order valence-corrected chi connectivity index (χ4v) is 8.07. The zero-order chi connectivity index (χ0) is 20.4. The molecule has 6 heteroatoms. The zero-order valence-corrected chi connectivity index (χ0v) is 21.4. The van der Waals surface area contributed by atoms with Crippen molar-refractivity contribution in [1.82, 2.24) is 0 Å². The summed E-state index contributed by atoms with van der Waals surface area (Å²) in [4.78, 5) is 24.1. The van der Waals surface area contributed by atoms with Crippen LogP contribution in [0.2, 0.25) is 34.5 Å². The Hall–Kier alpha value is -1.53. The van der Waals surface area contributed by atoms with Crippen LogP contribution in [0.3, 0.4) is 0 Å². The van der Waals surface area contributed by atoms with E-state index in [2.05, 4.69) is 45.3 Å². The van der Waals surface area contributed by atoms with E-state index in [0.29, 0.717) is 16.9 Å². The summed E-state index contributed by atoms with van der Waals surface area (Å²) < 4.78 is 13.1. The van der Waals surface area contributed by atoms with E-state index in [4.69, 9.17) is 4.74 Å². The van der Waals surface area contributed by atoms with E-state index >= 15 is 0 Å². The first-order valence-corrected chi connectivity index (χ1v) is 23.7. The van der Waals surface area contributed by atoms with Crippen molar-refractivity contribution in [3.05, 3.63) is 53.6 Å². The van der Waals surface area contributed by atoms with Gasteiger partial charge in [0.2, 0.25) is 0 Å². The quantitative estimate of drug-likeness (QED) is 0.364. The van der Waals surface area contributed by atoms with E-state index in [9.17, 15) is 9.59 Å². The van der Waals surface area contributed by atoms with Crippen molar-refractivity contribution in [3.63, 3.8) is 0 Å². The van der Waals surface area contributed by atoms with Crippen LogP contribution in [0.1, 0.15) is 20.7 Å². The first-order valence-electron chi connectivity index (χ1n) is 8.98. The Morgan fingerprint density at radius 1 is 0.704 bits per heavy atom. The Morgan fingerprint density at radius 2 is 1.11 bits per heavy atom. The van der Waals surface area contributed by atoms with E-state index in [-0.39, 0.29) is 0 Å². The number of methoxy groups -OCH3 is 1. The Kier molecular flexibility index (Phi) is 6.63. The van der Waals surface area contributed by atoms with Gasteiger partial charge in [-0.3, -0.25) is 0 Å². The molecule has 4 nitrogen and oxygen atoms in total. The van der Waals surface area contributed by atoms with Gasteiger partial charge in [-0.05, 0) is 0 Å². The number of hydrogen-bond acceptors (Lipinski definition) is 4. The number of esters is 2. The van der Waals surface area contributed by atoms with Crippen molar-refractivity contribution >= 4 is 47.3 Å². The number of benzene rings is 2. The molecule has 0 amide bonds. The normalized spacial score (nSPS) is 11.8. The summed E-state index contributed by atoms with van der Waals surface area (Å²) in [5.74, 6) is 13.8. The van der Waals surface area contributed by atoms with Gasteiger partial charge in [0.05, 0.1) is 0 Å². The van der Waals surface area contributed by atoms with E-state index < -0.39 is 38.5 Å². The predicted molar refractivity (Wildman–Crippen MR) is 115 cm³/mol. The number of carbonyl (C=O) groups is 2. The summed E-state index contributed by atoms with van der Waals surface area (Å²) in [5.41, 5.74) is 0.809. The molecule has 2 aromatic carbocycles. The molecule has 0 spiro atoms. The van der Waals surface area contributed by atoms with Crippen molar-refractivity contribution in [1.29, 1.82) is 0 Å². The SMILES string of the molecule is COC(=O)c1ccc(C(=O)Oc2c[c]([Ge]([CH3])([CH3])[CH3])c[c]([Ge]([CH3])([CH3])[CH3])c2)cc1. The van der Waals surface area contributed by atoms with Gasteiger partial charge in [-0.1, -0.05) is 0 Å². The standard InChI is InChI=1S/C21H28Ge2O4/c1-22(2,3)17-12-18(23(4,5)6)14-19(13-17)27-21(25)16-10-8-15(9-11-16)20(24)26-7/h8-14H,1-7H3. The molecule has 0 bridgehead atoms. The summed E-state index contributed by atoms with van der Waals surface area (Å²) in [6.45, 7) is 0. The van der Waals surface area contributed by atoms with Crippen molar-refractivity contribution in [2.45, 2.75) is 34.5 Å². The second-order valence-electron chi connectivity index (χ2n) is 8.70. The Bertz CT molecular complexity index is 812. The van der Waals surface area contributed by atoms with Crippen LogP contribution in [-0.2, 0) is 4.74 Å². The van der Waals surface area contributed by atoms with Gasteiger partial charge >= 0.3 is 167 Å². The summed E-state index contributed by atoms with van der Waals surface area (Å²) in [6, 6.07) is 12.7. The van der Waals surface area contributed by atoms with Crippen LogP contribution in [0.4, 0.5) is 0 Å².